The Hall–Kier alpha value is -4.35. The Morgan fingerprint density at radius 2 is 1.46 bits per heavy atom. The number of carbonyl (C=O) groups is 2. The molecule has 4 aromatic carbocycles. The highest BCUT2D eigenvalue weighted by Crippen LogP contribution is 2.51. The zero-order valence-electron chi connectivity index (χ0n) is 26.2. The van der Waals surface area contributed by atoms with Crippen molar-refractivity contribution in [3.63, 3.8) is 0 Å². The van der Waals surface area contributed by atoms with Crippen molar-refractivity contribution in [1.29, 1.82) is 0 Å². The molecular weight excluding hydrogens is 594 g/mol. The number of ketones is 2. The highest BCUT2D eigenvalue weighted by molar-refractivity contribution is 6.32. The third kappa shape index (κ3) is 5.73. The topological polar surface area (TPSA) is 55.8 Å². The molecular formula is C40H38ClNO4. The van der Waals surface area contributed by atoms with Gasteiger partial charge in [-0.05, 0) is 78.6 Å². The van der Waals surface area contributed by atoms with Crippen LogP contribution in [0.1, 0.15) is 68.1 Å². The van der Waals surface area contributed by atoms with Gasteiger partial charge in [-0.1, -0.05) is 84.4 Å². The lowest BCUT2D eigenvalue weighted by atomic mass is 9.71. The first-order chi connectivity index (χ1) is 22.5. The summed E-state index contributed by atoms with van der Waals surface area (Å²) in [7, 11) is 0. The predicted molar refractivity (Wildman–Crippen MR) is 182 cm³/mol. The molecule has 7 rings (SSSR count). The van der Waals surface area contributed by atoms with Gasteiger partial charge in [0.1, 0.15) is 6.61 Å². The second-order valence-corrected chi connectivity index (χ2v) is 12.7. The first kappa shape index (κ1) is 30.3. The third-order valence-corrected chi connectivity index (χ3v) is 9.75. The SMILES string of the molecule is CCOc1cc(C2C3=C(CCCC3=O)N(CCc3ccccc3)C3=C2C(=O)CCC3)cc(Cl)c1OCc1cccc2ccccc12. The van der Waals surface area contributed by atoms with Gasteiger partial charge in [0.25, 0.3) is 0 Å². The fourth-order valence-corrected chi connectivity index (χ4v) is 7.70. The van der Waals surface area contributed by atoms with Crippen molar-refractivity contribution in [3.05, 3.63) is 129 Å². The summed E-state index contributed by atoms with van der Waals surface area (Å²) in [5.74, 6) is 0.751. The van der Waals surface area contributed by atoms with Gasteiger partial charge >= 0.3 is 0 Å². The van der Waals surface area contributed by atoms with E-state index in [0.717, 1.165) is 83.1 Å². The normalized spacial score (nSPS) is 17.0. The monoisotopic (exact) mass is 631 g/mol. The van der Waals surface area contributed by atoms with E-state index < -0.39 is 5.92 Å². The third-order valence-electron chi connectivity index (χ3n) is 9.47. The smallest absolute Gasteiger partial charge is 0.180 e. The number of hydrogen-bond acceptors (Lipinski definition) is 5. The van der Waals surface area contributed by atoms with Crippen LogP contribution in [0.15, 0.2) is 107 Å². The summed E-state index contributed by atoms with van der Waals surface area (Å²) in [5, 5.41) is 2.68. The first-order valence-corrected chi connectivity index (χ1v) is 16.8. The molecule has 0 atom stereocenters. The molecule has 234 valence electrons. The van der Waals surface area contributed by atoms with E-state index in [2.05, 4.69) is 53.4 Å². The lowest BCUT2D eigenvalue weighted by molar-refractivity contribution is -0.117. The van der Waals surface area contributed by atoms with E-state index in [9.17, 15) is 9.59 Å². The molecule has 1 aliphatic heterocycles. The molecule has 0 spiro atoms. The van der Waals surface area contributed by atoms with Gasteiger partial charge < -0.3 is 14.4 Å². The van der Waals surface area contributed by atoms with Crippen molar-refractivity contribution in [2.24, 2.45) is 0 Å². The van der Waals surface area contributed by atoms with E-state index in [1.807, 2.05) is 43.3 Å². The molecule has 0 amide bonds. The van der Waals surface area contributed by atoms with Gasteiger partial charge in [-0.15, -0.1) is 0 Å². The molecule has 0 bridgehead atoms. The Bertz CT molecular complexity index is 1830. The van der Waals surface area contributed by atoms with Crippen LogP contribution in [-0.4, -0.2) is 29.6 Å². The number of allylic oxidation sites excluding steroid dienone is 4. The summed E-state index contributed by atoms with van der Waals surface area (Å²) in [6, 6.07) is 28.6. The zero-order valence-corrected chi connectivity index (χ0v) is 26.9. The maximum Gasteiger partial charge on any atom is 0.180 e. The number of Topliss-reactive ketones (excluding diaryl/α,β-unsaturated/α-hetero) is 2. The molecule has 0 saturated carbocycles. The van der Waals surface area contributed by atoms with Crippen molar-refractivity contribution >= 4 is 33.9 Å². The molecule has 4 aromatic rings. The summed E-state index contributed by atoms with van der Waals surface area (Å²) < 4.78 is 12.5. The van der Waals surface area contributed by atoms with Gasteiger partial charge in [0.15, 0.2) is 23.1 Å². The number of nitrogens with zero attached hydrogens (tertiary/aromatic N) is 1. The number of fused-ring (bicyclic) bond motifs is 1. The van der Waals surface area contributed by atoms with Crippen LogP contribution < -0.4 is 9.47 Å². The van der Waals surface area contributed by atoms with Crippen molar-refractivity contribution in [2.45, 2.75) is 64.4 Å². The maximum absolute atomic E-state index is 13.8. The Morgan fingerprint density at radius 1 is 0.783 bits per heavy atom. The number of carbonyl (C=O) groups excluding carboxylic acids is 2. The van der Waals surface area contributed by atoms with E-state index in [0.29, 0.717) is 42.6 Å². The Morgan fingerprint density at radius 3 is 2.17 bits per heavy atom. The van der Waals surface area contributed by atoms with Crippen LogP contribution in [0.25, 0.3) is 10.8 Å². The fourth-order valence-electron chi connectivity index (χ4n) is 7.43. The summed E-state index contributed by atoms with van der Waals surface area (Å²) >= 11 is 7.03. The minimum atomic E-state index is -0.470. The second kappa shape index (κ2) is 13.2. The molecule has 6 heteroatoms. The van der Waals surface area contributed by atoms with E-state index in [1.54, 1.807) is 0 Å². The van der Waals surface area contributed by atoms with Crippen LogP contribution in [-0.2, 0) is 22.6 Å². The van der Waals surface area contributed by atoms with E-state index in [4.69, 9.17) is 21.1 Å². The van der Waals surface area contributed by atoms with Crippen LogP contribution >= 0.6 is 11.6 Å². The van der Waals surface area contributed by atoms with Crippen molar-refractivity contribution < 1.29 is 19.1 Å². The molecule has 1 heterocycles. The van der Waals surface area contributed by atoms with Crippen molar-refractivity contribution in [3.8, 4) is 11.5 Å². The number of halogens is 1. The molecule has 0 radical (unpaired) electrons. The highest BCUT2D eigenvalue weighted by Gasteiger charge is 2.43. The molecule has 5 nitrogen and oxygen atoms in total. The number of benzene rings is 4. The number of ether oxygens (including phenoxy) is 2. The van der Waals surface area contributed by atoms with Crippen LogP contribution in [0.4, 0.5) is 0 Å². The summed E-state index contributed by atoms with van der Waals surface area (Å²) in [5.41, 5.74) is 6.72. The average molecular weight is 632 g/mol. The molecule has 0 fully saturated rings. The fraction of sp³-hybridized carbons (Fsp3) is 0.300. The standard InChI is InChI=1S/C40H38ClNO4/c1-2-45-36-24-29(23-31(41)40(36)46-25-28-15-8-14-27-13-6-7-16-30(27)28)37-38-32(17-9-19-34(38)43)42(22-21-26-11-4-3-5-12-26)33-18-10-20-35(44)39(33)37/h3-8,11-16,23-24,37H,2,9-10,17-22,25H2,1H3. The summed E-state index contributed by atoms with van der Waals surface area (Å²) in [6.45, 7) is 3.40. The molecule has 0 unspecified atom stereocenters. The Kier molecular flexibility index (Phi) is 8.68. The van der Waals surface area contributed by atoms with Crippen LogP contribution in [0.5, 0.6) is 11.5 Å². The molecule has 0 aromatic heterocycles. The van der Waals surface area contributed by atoms with E-state index >= 15 is 0 Å². The van der Waals surface area contributed by atoms with Crippen molar-refractivity contribution in [1.82, 2.24) is 4.90 Å². The lowest BCUT2D eigenvalue weighted by Gasteiger charge is -2.44. The van der Waals surface area contributed by atoms with E-state index in [1.165, 1.54) is 5.56 Å². The van der Waals surface area contributed by atoms with Crippen molar-refractivity contribution in [2.75, 3.05) is 13.2 Å². The van der Waals surface area contributed by atoms with E-state index in [-0.39, 0.29) is 11.6 Å². The van der Waals surface area contributed by atoms with Crippen LogP contribution in [0.3, 0.4) is 0 Å². The molecule has 0 N–H and O–H groups in total. The second-order valence-electron chi connectivity index (χ2n) is 12.3. The van der Waals surface area contributed by atoms with Crippen LogP contribution in [0.2, 0.25) is 5.02 Å². The summed E-state index contributed by atoms with van der Waals surface area (Å²) in [6.07, 6.45) is 5.06. The van der Waals surface area contributed by atoms with Gasteiger partial charge in [-0.25, -0.2) is 0 Å². The first-order valence-electron chi connectivity index (χ1n) is 16.4. The Labute approximate surface area is 275 Å². The zero-order chi connectivity index (χ0) is 31.6. The number of rotatable bonds is 9. The molecule has 0 saturated heterocycles. The lowest BCUT2D eigenvalue weighted by Crippen LogP contribution is -2.40. The van der Waals surface area contributed by atoms with Crippen LogP contribution in [0, 0.1) is 0 Å². The summed E-state index contributed by atoms with van der Waals surface area (Å²) in [4.78, 5) is 30.0. The number of hydrogen-bond donors (Lipinski definition) is 0. The minimum Gasteiger partial charge on any atom is -0.490 e. The molecule has 3 aliphatic rings. The van der Waals surface area contributed by atoms with Gasteiger partial charge in [0.2, 0.25) is 0 Å². The molecule has 2 aliphatic carbocycles. The Balaban J connectivity index is 1.29. The average Bonchev–Trinajstić information content (AvgIpc) is 3.07. The highest BCUT2D eigenvalue weighted by atomic mass is 35.5. The molecule has 46 heavy (non-hydrogen) atoms. The van der Waals surface area contributed by atoms with Gasteiger partial charge in [0.05, 0.1) is 11.6 Å². The van der Waals surface area contributed by atoms with Gasteiger partial charge in [0, 0.05) is 47.8 Å². The van der Waals surface area contributed by atoms with Gasteiger partial charge in [-0.3, -0.25) is 9.59 Å². The maximum atomic E-state index is 13.8. The van der Waals surface area contributed by atoms with Gasteiger partial charge in [-0.2, -0.15) is 0 Å². The largest absolute Gasteiger partial charge is 0.490 e. The quantitative estimate of drug-likeness (QED) is 0.184. The predicted octanol–water partition coefficient (Wildman–Crippen LogP) is 9.13. The minimum absolute atomic E-state index is 0.117.